The minimum Gasteiger partial charge on any atom is -0.410 e. The quantitative estimate of drug-likeness (QED) is 0.592. The van der Waals surface area contributed by atoms with Crippen molar-refractivity contribution in [3.8, 4) is 5.75 Å². The van der Waals surface area contributed by atoms with E-state index in [9.17, 15) is 4.79 Å². The molecule has 9 heteroatoms. The molecule has 9 atom stereocenters. The van der Waals surface area contributed by atoms with Crippen molar-refractivity contribution in [3.63, 3.8) is 0 Å². The number of nitrogens with two attached hydrogens (primary N) is 1. The molecule has 0 radical (unpaired) electrons. The first-order chi connectivity index (χ1) is 18.4. The molecule has 6 aliphatic rings. The fraction of sp³-hybridized carbons (Fsp3) is 0.767. The second kappa shape index (κ2) is 8.63. The highest BCUT2D eigenvalue weighted by Gasteiger charge is 2.64. The molecule has 5 fully saturated rings. The van der Waals surface area contributed by atoms with Crippen LogP contribution in [0.15, 0.2) is 18.2 Å². The van der Waals surface area contributed by atoms with Crippen molar-refractivity contribution in [2.75, 3.05) is 6.54 Å². The van der Waals surface area contributed by atoms with Crippen LogP contribution in [0.5, 0.6) is 5.75 Å². The molecule has 3 aliphatic carbocycles. The number of hydrogen-bond donors (Lipinski definition) is 2. The summed E-state index contributed by atoms with van der Waals surface area (Å²) in [6, 6.07) is 6.23. The van der Waals surface area contributed by atoms with E-state index >= 15 is 0 Å². The van der Waals surface area contributed by atoms with E-state index in [0.717, 1.165) is 18.8 Å². The molecule has 2 bridgehead atoms. The van der Waals surface area contributed by atoms with Gasteiger partial charge in [0, 0.05) is 18.0 Å². The largest absolute Gasteiger partial charge is 0.412 e. The van der Waals surface area contributed by atoms with Crippen molar-refractivity contribution in [2.45, 2.75) is 127 Å². The molecule has 1 amide bonds. The highest BCUT2D eigenvalue weighted by molar-refractivity contribution is 5.70. The lowest BCUT2D eigenvalue weighted by Gasteiger charge is -2.48. The standard InChI is InChI=1S/C30H42N2O7/c1-27(2)36-21-20(35-24-23(22(21)37-27)38-28(3,4)39-24)15-32-26(33)34-18-10-9-16-13-30-14-17(30)8-6-7-11-29(5,25(30)31)19(16)12-18/h9-10,12,17,20-25H,6-8,11,13-15,31H2,1-5H3,(H,32,33)/t17-,20+,21-,22-,23+,24+,25+,29+,30?/m0/s1. The summed E-state index contributed by atoms with van der Waals surface area (Å²) in [4.78, 5) is 12.9. The number of fused-ring (bicyclic) bond motifs is 6. The Morgan fingerprint density at radius 1 is 1.03 bits per heavy atom. The topological polar surface area (TPSA) is 111 Å². The second-order valence-electron chi connectivity index (χ2n) is 13.7. The van der Waals surface area contributed by atoms with Crippen LogP contribution in [0.25, 0.3) is 0 Å². The Kier molecular flexibility index (Phi) is 5.79. The van der Waals surface area contributed by atoms with Crippen molar-refractivity contribution in [1.82, 2.24) is 5.32 Å². The van der Waals surface area contributed by atoms with Crippen LogP contribution in [-0.4, -0.2) is 61.0 Å². The van der Waals surface area contributed by atoms with Crippen molar-refractivity contribution < 1.29 is 33.2 Å². The predicted octanol–water partition coefficient (Wildman–Crippen LogP) is 3.89. The number of amides is 1. The van der Waals surface area contributed by atoms with Gasteiger partial charge in [-0.25, -0.2) is 4.79 Å². The van der Waals surface area contributed by atoms with E-state index < -0.39 is 42.3 Å². The van der Waals surface area contributed by atoms with Crippen LogP contribution in [-0.2, 0) is 35.5 Å². The number of ether oxygens (including phenoxy) is 6. The van der Waals surface area contributed by atoms with E-state index in [2.05, 4.69) is 18.3 Å². The first-order valence-electron chi connectivity index (χ1n) is 14.6. The highest BCUT2D eigenvalue weighted by Crippen LogP contribution is 2.66. The van der Waals surface area contributed by atoms with Gasteiger partial charge in [-0.05, 0) is 88.0 Å². The zero-order valence-corrected chi connectivity index (χ0v) is 23.7. The number of hydrogen-bond acceptors (Lipinski definition) is 8. The van der Waals surface area contributed by atoms with Crippen LogP contribution in [0.3, 0.4) is 0 Å². The zero-order valence-electron chi connectivity index (χ0n) is 23.7. The van der Waals surface area contributed by atoms with Gasteiger partial charge in [-0.1, -0.05) is 25.8 Å². The molecular formula is C30H42N2O7. The fourth-order valence-corrected chi connectivity index (χ4v) is 8.32. The molecule has 7 rings (SSSR count). The average Bonchev–Trinajstić information content (AvgIpc) is 3.28. The molecule has 214 valence electrons. The van der Waals surface area contributed by atoms with Crippen molar-refractivity contribution in [2.24, 2.45) is 17.1 Å². The normalized spacial score (nSPS) is 44.6. The Morgan fingerprint density at radius 2 is 1.77 bits per heavy atom. The van der Waals surface area contributed by atoms with Gasteiger partial charge in [-0.15, -0.1) is 0 Å². The van der Waals surface area contributed by atoms with Crippen LogP contribution >= 0.6 is 0 Å². The van der Waals surface area contributed by atoms with Gasteiger partial charge < -0.3 is 39.5 Å². The molecule has 3 aliphatic heterocycles. The minimum atomic E-state index is -0.793. The maximum atomic E-state index is 12.9. The van der Waals surface area contributed by atoms with Gasteiger partial charge in [0.2, 0.25) is 0 Å². The van der Waals surface area contributed by atoms with Gasteiger partial charge >= 0.3 is 6.09 Å². The molecule has 2 saturated carbocycles. The Bertz CT molecular complexity index is 1170. The molecule has 3 saturated heterocycles. The average molecular weight is 543 g/mol. The Labute approximate surface area is 230 Å². The van der Waals surface area contributed by atoms with Gasteiger partial charge in [-0.3, -0.25) is 0 Å². The fourth-order valence-electron chi connectivity index (χ4n) is 8.32. The molecule has 0 aromatic heterocycles. The lowest BCUT2D eigenvalue weighted by Crippen LogP contribution is -2.58. The van der Waals surface area contributed by atoms with Crippen LogP contribution < -0.4 is 15.8 Å². The summed E-state index contributed by atoms with van der Waals surface area (Å²) in [5, 5.41) is 2.87. The van der Waals surface area contributed by atoms with Crippen LogP contribution in [0.2, 0.25) is 0 Å². The first kappa shape index (κ1) is 26.2. The molecule has 3 N–H and O–H groups in total. The minimum absolute atomic E-state index is 0.107. The van der Waals surface area contributed by atoms with Crippen molar-refractivity contribution in [3.05, 3.63) is 29.3 Å². The van der Waals surface area contributed by atoms with Crippen molar-refractivity contribution >= 4 is 6.09 Å². The number of carbonyl (C=O) groups is 1. The number of rotatable bonds is 3. The van der Waals surface area contributed by atoms with Gasteiger partial charge in [-0.2, -0.15) is 0 Å². The molecule has 9 nitrogen and oxygen atoms in total. The van der Waals surface area contributed by atoms with Crippen LogP contribution in [0.4, 0.5) is 4.79 Å². The lowest BCUT2D eigenvalue weighted by atomic mass is 9.59. The third-order valence-corrected chi connectivity index (χ3v) is 10.2. The summed E-state index contributed by atoms with van der Waals surface area (Å²) < 4.78 is 36.3. The number of nitrogens with one attached hydrogen (secondary N) is 1. The Hall–Kier alpha value is -1.75. The molecule has 1 spiro atoms. The second-order valence-corrected chi connectivity index (χ2v) is 13.7. The monoisotopic (exact) mass is 542 g/mol. The van der Waals surface area contributed by atoms with E-state index in [0.29, 0.717) is 5.75 Å². The molecular weight excluding hydrogens is 500 g/mol. The highest BCUT2D eigenvalue weighted by atomic mass is 16.9. The van der Waals surface area contributed by atoms with Gasteiger partial charge in [0.15, 0.2) is 17.9 Å². The van der Waals surface area contributed by atoms with Crippen LogP contribution in [0.1, 0.15) is 77.8 Å². The Morgan fingerprint density at radius 3 is 2.59 bits per heavy atom. The lowest BCUT2D eigenvalue weighted by molar-refractivity contribution is -0.232. The molecule has 3 heterocycles. The summed E-state index contributed by atoms with van der Waals surface area (Å²) in [7, 11) is 0. The molecule has 39 heavy (non-hydrogen) atoms. The van der Waals surface area contributed by atoms with Gasteiger partial charge in [0.25, 0.3) is 0 Å². The summed E-state index contributed by atoms with van der Waals surface area (Å²) in [6.45, 7) is 9.92. The third-order valence-electron chi connectivity index (χ3n) is 10.2. The smallest absolute Gasteiger partial charge is 0.410 e. The van der Waals surface area contributed by atoms with E-state index in [1.54, 1.807) is 0 Å². The van der Waals surface area contributed by atoms with E-state index in [-0.39, 0.29) is 29.5 Å². The van der Waals surface area contributed by atoms with E-state index in [1.807, 2.05) is 39.8 Å². The Balaban J connectivity index is 1.04. The van der Waals surface area contributed by atoms with Crippen molar-refractivity contribution in [1.29, 1.82) is 0 Å². The van der Waals surface area contributed by atoms with E-state index in [1.165, 1.54) is 36.8 Å². The maximum absolute atomic E-state index is 12.9. The summed E-state index contributed by atoms with van der Waals surface area (Å²) in [5.41, 5.74) is 9.74. The van der Waals surface area contributed by atoms with Gasteiger partial charge in [0.05, 0.1) is 0 Å². The summed E-state index contributed by atoms with van der Waals surface area (Å²) in [6.07, 6.45) is 4.28. The summed E-state index contributed by atoms with van der Waals surface area (Å²) in [5.74, 6) is -0.299. The predicted molar refractivity (Wildman–Crippen MR) is 141 cm³/mol. The third kappa shape index (κ3) is 4.23. The maximum Gasteiger partial charge on any atom is 0.412 e. The first-order valence-corrected chi connectivity index (χ1v) is 14.6. The van der Waals surface area contributed by atoms with E-state index in [4.69, 9.17) is 34.2 Å². The summed E-state index contributed by atoms with van der Waals surface area (Å²) >= 11 is 0. The molecule has 1 unspecified atom stereocenters. The number of benzene rings is 1. The zero-order chi connectivity index (χ0) is 27.4. The van der Waals surface area contributed by atoms with Gasteiger partial charge in [0.1, 0.15) is 30.2 Å². The van der Waals surface area contributed by atoms with Crippen LogP contribution in [0, 0.1) is 11.3 Å². The molecule has 1 aromatic rings. The molecule has 1 aromatic carbocycles. The number of carbonyl (C=O) groups excluding carboxylic acids is 1. The SMILES string of the molecule is CC1(C)O[C@H]2[C@@H](O1)[C@@H](CNC(=O)Oc1ccc3c(c1)[C@@]1(C)CCCC[C@H]4CC4(C3)[C@@H]1N)O[C@@H]1OC(C)(C)O[C@@H]12.